The van der Waals surface area contributed by atoms with E-state index >= 15 is 0 Å². The van der Waals surface area contributed by atoms with Gasteiger partial charge in [0.25, 0.3) is 0 Å². The van der Waals surface area contributed by atoms with E-state index in [4.69, 9.17) is 9.47 Å². The summed E-state index contributed by atoms with van der Waals surface area (Å²) in [6.45, 7) is 3.01. The molecule has 0 radical (unpaired) electrons. The van der Waals surface area contributed by atoms with E-state index in [0.717, 1.165) is 25.2 Å². The lowest BCUT2D eigenvalue weighted by atomic mass is 9.98. The molecule has 1 N–H and O–H groups in total. The number of aryl methyl sites for hydroxylation is 2. The van der Waals surface area contributed by atoms with Crippen LogP contribution in [0.15, 0.2) is 29.4 Å². The Bertz CT molecular complexity index is 861. The lowest BCUT2D eigenvalue weighted by Crippen LogP contribution is -2.33. The third-order valence-corrected chi connectivity index (χ3v) is 6.15. The van der Waals surface area contributed by atoms with Crippen molar-refractivity contribution in [3.63, 3.8) is 0 Å². The topological polar surface area (TPSA) is 82.5 Å². The van der Waals surface area contributed by atoms with Crippen molar-refractivity contribution in [1.29, 1.82) is 0 Å². The van der Waals surface area contributed by atoms with Gasteiger partial charge in [-0.3, -0.25) is 0 Å². The second kappa shape index (κ2) is 7.05. The lowest BCUT2D eigenvalue weighted by molar-refractivity contribution is 0.353. The summed E-state index contributed by atoms with van der Waals surface area (Å²) in [5, 5.41) is 0. The highest BCUT2D eigenvalue weighted by Gasteiger charge is 2.24. The molecule has 0 saturated carbocycles. The first-order valence-electron chi connectivity index (χ1n) is 8.17. The standard InChI is InChI=1S/C17H23N3O4S/c1-12-8-14(23-2)15(24-3)10-16(12)25(21,22)19-11-13-4-6-20-7-5-18-17(20)9-13/h5,7-8,10,13,19H,4,6,9,11H2,1-3H3. The van der Waals surface area contributed by atoms with Gasteiger partial charge in [0.1, 0.15) is 5.82 Å². The minimum absolute atomic E-state index is 0.211. The Labute approximate surface area is 148 Å². The average Bonchev–Trinajstić information content (AvgIpc) is 3.07. The molecule has 136 valence electrons. The van der Waals surface area contributed by atoms with E-state index in [1.807, 2.05) is 6.20 Å². The van der Waals surface area contributed by atoms with Crippen LogP contribution in [0.25, 0.3) is 0 Å². The van der Waals surface area contributed by atoms with Crippen molar-refractivity contribution >= 4 is 10.0 Å². The van der Waals surface area contributed by atoms with Gasteiger partial charge < -0.3 is 14.0 Å². The summed E-state index contributed by atoms with van der Waals surface area (Å²) < 4.78 is 40.8. The molecule has 0 amide bonds. The number of benzene rings is 1. The number of sulfonamides is 1. The first kappa shape index (κ1) is 17.8. The zero-order chi connectivity index (χ0) is 18.0. The maximum Gasteiger partial charge on any atom is 0.240 e. The van der Waals surface area contributed by atoms with Gasteiger partial charge in [0.2, 0.25) is 10.0 Å². The molecule has 3 rings (SSSR count). The Morgan fingerprint density at radius 2 is 2.00 bits per heavy atom. The molecule has 25 heavy (non-hydrogen) atoms. The zero-order valence-electron chi connectivity index (χ0n) is 14.7. The third-order valence-electron chi connectivity index (χ3n) is 4.58. The predicted octanol–water partition coefficient (Wildman–Crippen LogP) is 1.75. The number of rotatable bonds is 6. The van der Waals surface area contributed by atoms with Gasteiger partial charge in [0.05, 0.1) is 19.1 Å². The number of hydrogen-bond acceptors (Lipinski definition) is 5. The second-order valence-electron chi connectivity index (χ2n) is 6.22. The SMILES string of the molecule is COc1cc(C)c(S(=O)(=O)NCC2CCn3ccnc3C2)cc1OC. The highest BCUT2D eigenvalue weighted by Crippen LogP contribution is 2.32. The smallest absolute Gasteiger partial charge is 0.240 e. The van der Waals surface area contributed by atoms with Crippen LogP contribution in [-0.2, 0) is 23.0 Å². The molecule has 2 aromatic rings. The van der Waals surface area contributed by atoms with Gasteiger partial charge in [-0.1, -0.05) is 0 Å². The van der Waals surface area contributed by atoms with E-state index in [0.29, 0.717) is 23.6 Å². The van der Waals surface area contributed by atoms with Gasteiger partial charge in [0, 0.05) is 38.0 Å². The first-order valence-corrected chi connectivity index (χ1v) is 9.65. The van der Waals surface area contributed by atoms with Gasteiger partial charge in [-0.2, -0.15) is 0 Å². The van der Waals surface area contributed by atoms with Crippen LogP contribution in [-0.4, -0.2) is 38.7 Å². The summed E-state index contributed by atoms with van der Waals surface area (Å²) >= 11 is 0. The van der Waals surface area contributed by atoms with E-state index in [9.17, 15) is 8.42 Å². The minimum atomic E-state index is -3.62. The molecular weight excluding hydrogens is 342 g/mol. The van der Waals surface area contributed by atoms with Crippen LogP contribution < -0.4 is 14.2 Å². The molecule has 0 saturated heterocycles. The molecule has 1 atom stereocenters. The van der Waals surface area contributed by atoms with Crippen molar-refractivity contribution in [2.24, 2.45) is 5.92 Å². The van der Waals surface area contributed by atoms with Crippen molar-refractivity contribution in [2.45, 2.75) is 31.2 Å². The summed E-state index contributed by atoms with van der Waals surface area (Å²) in [6, 6.07) is 3.18. The van der Waals surface area contributed by atoms with Gasteiger partial charge in [-0.25, -0.2) is 18.1 Å². The van der Waals surface area contributed by atoms with E-state index in [1.165, 1.54) is 20.3 Å². The molecule has 8 heteroatoms. The quantitative estimate of drug-likeness (QED) is 0.843. The van der Waals surface area contributed by atoms with Crippen molar-refractivity contribution in [3.8, 4) is 11.5 Å². The van der Waals surface area contributed by atoms with Crippen LogP contribution in [0.3, 0.4) is 0 Å². The van der Waals surface area contributed by atoms with Crippen LogP contribution in [0, 0.1) is 12.8 Å². The fourth-order valence-electron chi connectivity index (χ4n) is 3.15. The Balaban J connectivity index is 1.74. The second-order valence-corrected chi connectivity index (χ2v) is 7.96. The van der Waals surface area contributed by atoms with Gasteiger partial charge in [0.15, 0.2) is 11.5 Å². The maximum absolute atomic E-state index is 12.7. The highest BCUT2D eigenvalue weighted by atomic mass is 32.2. The van der Waals surface area contributed by atoms with Gasteiger partial charge >= 0.3 is 0 Å². The number of nitrogens with zero attached hydrogens (tertiary/aromatic N) is 2. The molecule has 1 aliphatic heterocycles. The van der Waals surface area contributed by atoms with E-state index in [-0.39, 0.29) is 10.8 Å². The number of ether oxygens (including phenoxy) is 2. The largest absolute Gasteiger partial charge is 0.493 e. The number of methoxy groups -OCH3 is 2. The van der Waals surface area contributed by atoms with Crippen molar-refractivity contribution in [3.05, 3.63) is 35.9 Å². The molecule has 1 aromatic carbocycles. The summed E-state index contributed by atoms with van der Waals surface area (Å²) in [5.74, 6) is 2.16. The fraction of sp³-hybridized carbons (Fsp3) is 0.471. The molecule has 7 nitrogen and oxygen atoms in total. The molecule has 0 bridgehead atoms. The minimum Gasteiger partial charge on any atom is -0.493 e. The van der Waals surface area contributed by atoms with Crippen molar-refractivity contribution < 1.29 is 17.9 Å². The molecule has 1 aromatic heterocycles. The van der Waals surface area contributed by atoms with Crippen LogP contribution in [0.1, 0.15) is 17.8 Å². The lowest BCUT2D eigenvalue weighted by Gasteiger charge is -2.23. The van der Waals surface area contributed by atoms with Crippen LogP contribution >= 0.6 is 0 Å². The Hall–Kier alpha value is -2.06. The zero-order valence-corrected chi connectivity index (χ0v) is 15.5. The van der Waals surface area contributed by atoms with Crippen LogP contribution in [0.5, 0.6) is 11.5 Å². The Morgan fingerprint density at radius 3 is 2.72 bits per heavy atom. The molecule has 0 aliphatic carbocycles. The molecule has 0 fully saturated rings. The van der Waals surface area contributed by atoms with E-state index < -0.39 is 10.0 Å². The summed E-state index contributed by atoms with van der Waals surface area (Å²) in [4.78, 5) is 4.53. The van der Waals surface area contributed by atoms with Gasteiger partial charge in [-0.15, -0.1) is 0 Å². The van der Waals surface area contributed by atoms with Crippen molar-refractivity contribution in [1.82, 2.24) is 14.3 Å². The highest BCUT2D eigenvalue weighted by molar-refractivity contribution is 7.89. The average molecular weight is 365 g/mol. The van der Waals surface area contributed by atoms with Crippen LogP contribution in [0.2, 0.25) is 0 Å². The van der Waals surface area contributed by atoms with E-state index in [1.54, 1.807) is 19.2 Å². The molecular formula is C17H23N3O4S. The third kappa shape index (κ3) is 3.64. The first-order chi connectivity index (χ1) is 11.9. The Morgan fingerprint density at radius 1 is 1.28 bits per heavy atom. The summed E-state index contributed by atoms with van der Waals surface area (Å²) in [5.41, 5.74) is 0.615. The van der Waals surface area contributed by atoms with E-state index in [2.05, 4.69) is 14.3 Å². The molecule has 1 unspecified atom stereocenters. The number of hydrogen-bond donors (Lipinski definition) is 1. The fourth-order valence-corrected chi connectivity index (χ4v) is 4.50. The van der Waals surface area contributed by atoms with Gasteiger partial charge in [-0.05, 0) is 30.9 Å². The Kier molecular flexibility index (Phi) is 5.01. The summed E-state index contributed by atoms with van der Waals surface area (Å²) in [7, 11) is -0.613. The maximum atomic E-state index is 12.7. The number of aromatic nitrogens is 2. The number of imidazole rings is 1. The predicted molar refractivity (Wildman–Crippen MR) is 93.5 cm³/mol. The molecule has 1 aliphatic rings. The van der Waals surface area contributed by atoms with Crippen LogP contribution in [0.4, 0.5) is 0 Å². The number of nitrogens with one attached hydrogen (secondary N) is 1. The number of fused-ring (bicyclic) bond motifs is 1. The molecule has 0 spiro atoms. The van der Waals surface area contributed by atoms with Crippen molar-refractivity contribution in [2.75, 3.05) is 20.8 Å². The normalized spacial score (nSPS) is 17.2. The summed E-state index contributed by atoms with van der Waals surface area (Å²) in [6.07, 6.45) is 5.45. The monoisotopic (exact) mass is 365 g/mol. The molecule has 2 heterocycles.